The van der Waals surface area contributed by atoms with E-state index in [0.29, 0.717) is 5.41 Å². The van der Waals surface area contributed by atoms with E-state index in [9.17, 15) is 0 Å². The predicted octanol–water partition coefficient (Wildman–Crippen LogP) is 2.19. The maximum Gasteiger partial charge on any atom is 0.0534 e. The molecule has 0 radical (unpaired) electrons. The Morgan fingerprint density at radius 3 is 2.60 bits per heavy atom. The van der Waals surface area contributed by atoms with Gasteiger partial charge in [0.25, 0.3) is 0 Å². The standard InChI is InChI=1S/C13H23NO/c1-2-15-9-13(8-14-12-3-4-12)6-10-5-11(10)7-13/h10-12,14H,2-9H2,1H3. The zero-order valence-electron chi connectivity index (χ0n) is 9.80. The molecule has 2 unspecified atom stereocenters. The molecule has 2 atom stereocenters. The molecule has 0 saturated heterocycles. The molecule has 0 heterocycles. The van der Waals surface area contributed by atoms with Gasteiger partial charge in [-0.25, -0.2) is 0 Å². The Morgan fingerprint density at radius 1 is 1.27 bits per heavy atom. The number of fused-ring (bicyclic) bond motifs is 1. The molecule has 1 N–H and O–H groups in total. The maximum absolute atomic E-state index is 5.70. The van der Waals surface area contributed by atoms with Crippen LogP contribution in [0.2, 0.25) is 0 Å². The van der Waals surface area contributed by atoms with Gasteiger partial charge in [0.05, 0.1) is 6.61 Å². The SMILES string of the molecule is CCOCC1(CNC2CC2)CC2CC2C1. The Balaban J connectivity index is 1.54. The molecule has 3 fully saturated rings. The second-order valence-electron chi connectivity index (χ2n) is 5.96. The highest BCUT2D eigenvalue weighted by Crippen LogP contribution is 2.59. The molecule has 0 aromatic carbocycles. The van der Waals surface area contributed by atoms with Crippen molar-refractivity contribution in [3.05, 3.63) is 0 Å². The maximum atomic E-state index is 5.70. The van der Waals surface area contributed by atoms with Crippen LogP contribution < -0.4 is 5.32 Å². The minimum absolute atomic E-state index is 0.506. The normalized spacial score (nSPS) is 43.0. The van der Waals surface area contributed by atoms with Gasteiger partial charge >= 0.3 is 0 Å². The van der Waals surface area contributed by atoms with Crippen LogP contribution in [-0.2, 0) is 4.74 Å². The van der Waals surface area contributed by atoms with Crippen LogP contribution in [0.3, 0.4) is 0 Å². The molecule has 3 aliphatic rings. The van der Waals surface area contributed by atoms with Crippen LogP contribution in [0.15, 0.2) is 0 Å². The molecule has 3 saturated carbocycles. The van der Waals surface area contributed by atoms with Crippen LogP contribution in [0.25, 0.3) is 0 Å². The number of hydrogen-bond acceptors (Lipinski definition) is 2. The monoisotopic (exact) mass is 209 g/mol. The third-order valence-corrected chi connectivity index (χ3v) is 4.41. The highest BCUT2D eigenvalue weighted by atomic mass is 16.5. The lowest BCUT2D eigenvalue weighted by Gasteiger charge is -2.31. The van der Waals surface area contributed by atoms with Crippen LogP contribution >= 0.6 is 0 Å². The summed E-state index contributed by atoms with van der Waals surface area (Å²) in [4.78, 5) is 0. The lowest BCUT2D eigenvalue weighted by Crippen LogP contribution is -2.38. The van der Waals surface area contributed by atoms with Crippen molar-refractivity contribution < 1.29 is 4.74 Å². The molecule has 2 nitrogen and oxygen atoms in total. The summed E-state index contributed by atoms with van der Waals surface area (Å²) < 4.78 is 5.70. The largest absolute Gasteiger partial charge is 0.381 e. The van der Waals surface area contributed by atoms with Crippen LogP contribution in [0.5, 0.6) is 0 Å². The average Bonchev–Trinajstić information content (AvgIpc) is 3.14. The first kappa shape index (κ1) is 10.1. The van der Waals surface area contributed by atoms with Gasteiger partial charge in [-0.05, 0) is 50.9 Å². The number of ether oxygens (including phenoxy) is 1. The van der Waals surface area contributed by atoms with E-state index >= 15 is 0 Å². The Kier molecular flexibility index (Phi) is 2.52. The van der Waals surface area contributed by atoms with Gasteiger partial charge in [-0.1, -0.05) is 0 Å². The van der Waals surface area contributed by atoms with Gasteiger partial charge < -0.3 is 10.1 Å². The van der Waals surface area contributed by atoms with Gasteiger partial charge in [-0.15, -0.1) is 0 Å². The van der Waals surface area contributed by atoms with Gasteiger partial charge in [-0.2, -0.15) is 0 Å². The molecule has 15 heavy (non-hydrogen) atoms. The molecule has 0 aromatic heterocycles. The quantitative estimate of drug-likeness (QED) is 0.724. The summed E-state index contributed by atoms with van der Waals surface area (Å²) in [7, 11) is 0. The molecule has 0 aliphatic heterocycles. The van der Waals surface area contributed by atoms with Crippen molar-refractivity contribution in [2.75, 3.05) is 19.8 Å². The molecule has 0 aromatic rings. The first-order valence-electron chi connectivity index (χ1n) is 6.62. The Hall–Kier alpha value is -0.0800. The van der Waals surface area contributed by atoms with Gasteiger partial charge in [0, 0.05) is 24.6 Å². The van der Waals surface area contributed by atoms with Crippen molar-refractivity contribution >= 4 is 0 Å². The average molecular weight is 209 g/mol. The smallest absolute Gasteiger partial charge is 0.0534 e. The van der Waals surface area contributed by atoms with E-state index in [0.717, 1.165) is 31.1 Å². The van der Waals surface area contributed by atoms with Crippen molar-refractivity contribution in [2.24, 2.45) is 17.3 Å². The molecule has 0 amide bonds. The van der Waals surface area contributed by atoms with E-state index in [4.69, 9.17) is 4.74 Å². The van der Waals surface area contributed by atoms with E-state index in [1.807, 2.05) is 0 Å². The van der Waals surface area contributed by atoms with Crippen molar-refractivity contribution in [3.8, 4) is 0 Å². The van der Waals surface area contributed by atoms with Crippen LogP contribution in [0, 0.1) is 17.3 Å². The highest BCUT2D eigenvalue weighted by molar-refractivity contribution is 5.04. The first-order valence-corrected chi connectivity index (χ1v) is 6.62. The summed E-state index contributed by atoms with van der Waals surface area (Å²) in [5.41, 5.74) is 0.506. The number of hydrogen-bond donors (Lipinski definition) is 1. The van der Waals surface area contributed by atoms with Crippen LogP contribution in [0.4, 0.5) is 0 Å². The van der Waals surface area contributed by atoms with Gasteiger partial charge in [0.1, 0.15) is 0 Å². The second kappa shape index (κ2) is 3.74. The summed E-state index contributed by atoms with van der Waals surface area (Å²) in [6.45, 7) is 5.19. The molecular weight excluding hydrogens is 186 g/mol. The van der Waals surface area contributed by atoms with E-state index in [2.05, 4.69) is 12.2 Å². The van der Waals surface area contributed by atoms with Crippen molar-refractivity contribution in [2.45, 2.75) is 45.1 Å². The Bertz CT molecular complexity index is 227. The van der Waals surface area contributed by atoms with E-state index in [1.54, 1.807) is 0 Å². The number of rotatable bonds is 6. The van der Waals surface area contributed by atoms with Crippen LogP contribution in [0.1, 0.15) is 39.0 Å². The van der Waals surface area contributed by atoms with E-state index in [1.165, 1.54) is 38.6 Å². The molecule has 0 spiro atoms. The van der Waals surface area contributed by atoms with Crippen molar-refractivity contribution in [1.29, 1.82) is 0 Å². The van der Waals surface area contributed by atoms with Crippen molar-refractivity contribution in [1.82, 2.24) is 5.32 Å². The molecule has 2 heteroatoms. The zero-order valence-corrected chi connectivity index (χ0v) is 9.80. The third kappa shape index (κ3) is 2.21. The summed E-state index contributed by atoms with van der Waals surface area (Å²) in [6.07, 6.45) is 7.17. The van der Waals surface area contributed by atoms with Gasteiger partial charge in [0.15, 0.2) is 0 Å². The van der Waals surface area contributed by atoms with E-state index < -0.39 is 0 Å². The predicted molar refractivity (Wildman–Crippen MR) is 60.8 cm³/mol. The minimum atomic E-state index is 0.506. The lowest BCUT2D eigenvalue weighted by molar-refractivity contribution is 0.0458. The highest BCUT2D eigenvalue weighted by Gasteiger charge is 2.53. The molecule has 86 valence electrons. The molecule has 3 aliphatic carbocycles. The topological polar surface area (TPSA) is 21.3 Å². The first-order chi connectivity index (χ1) is 7.31. The van der Waals surface area contributed by atoms with Crippen molar-refractivity contribution in [3.63, 3.8) is 0 Å². The summed E-state index contributed by atoms with van der Waals surface area (Å²) in [6, 6.07) is 0.848. The summed E-state index contributed by atoms with van der Waals surface area (Å²) >= 11 is 0. The molecular formula is C13H23NO. The summed E-state index contributed by atoms with van der Waals surface area (Å²) in [5, 5.41) is 3.71. The fraction of sp³-hybridized carbons (Fsp3) is 1.00. The summed E-state index contributed by atoms with van der Waals surface area (Å²) in [5.74, 6) is 2.12. The Labute approximate surface area is 92.8 Å². The van der Waals surface area contributed by atoms with Crippen LogP contribution in [-0.4, -0.2) is 25.8 Å². The molecule has 3 rings (SSSR count). The number of nitrogens with one attached hydrogen (secondary N) is 1. The van der Waals surface area contributed by atoms with Gasteiger partial charge in [0.2, 0.25) is 0 Å². The van der Waals surface area contributed by atoms with Gasteiger partial charge in [-0.3, -0.25) is 0 Å². The zero-order chi connectivity index (χ0) is 10.3. The van der Waals surface area contributed by atoms with E-state index in [-0.39, 0.29) is 0 Å². The lowest BCUT2D eigenvalue weighted by atomic mass is 9.83. The fourth-order valence-electron chi connectivity index (χ4n) is 3.29. The molecule has 0 bridgehead atoms. The second-order valence-corrected chi connectivity index (χ2v) is 5.96. The minimum Gasteiger partial charge on any atom is -0.381 e. The Morgan fingerprint density at radius 2 is 2.00 bits per heavy atom. The third-order valence-electron chi connectivity index (χ3n) is 4.41. The fourth-order valence-corrected chi connectivity index (χ4v) is 3.29.